The Labute approximate surface area is 248 Å². The molecule has 212 valence electrons. The zero-order valence-corrected chi connectivity index (χ0v) is 23.1. The summed E-state index contributed by atoms with van der Waals surface area (Å²) in [7, 11) is 0. The van der Waals surface area contributed by atoms with Crippen LogP contribution in [0.3, 0.4) is 0 Å². The Morgan fingerprint density at radius 1 is 0.930 bits per heavy atom. The van der Waals surface area contributed by atoms with Crippen LogP contribution in [0.25, 0.3) is 6.08 Å². The van der Waals surface area contributed by atoms with E-state index in [1.54, 1.807) is 30.3 Å². The molecular formula is C36H27FN2O4. The van der Waals surface area contributed by atoms with E-state index < -0.39 is 29.2 Å². The van der Waals surface area contributed by atoms with E-state index in [0.29, 0.717) is 22.6 Å². The Hall–Kier alpha value is -5.30. The van der Waals surface area contributed by atoms with Gasteiger partial charge in [0, 0.05) is 23.0 Å². The van der Waals surface area contributed by atoms with Crippen molar-refractivity contribution in [2.45, 2.75) is 17.5 Å². The van der Waals surface area contributed by atoms with E-state index in [2.05, 4.69) is 11.9 Å². The molecule has 0 aliphatic carbocycles. The third kappa shape index (κ3) is 3.96. The molecule has 7 rings (SSSR count). The molecule has 1 saturated heterocycles. The third-order valence-corrected chi connectivity index (χ3v) is 8.74. The summed E-state index contributed by atoms with van der Waals surface area (Å²) in [6.45, 7) is 3.94. The topological polar surface area (TPSA) is 75.7 Å². The van der Waals surface area contributed by atoms with E-state index in [4.69, 9.17) is 4.74 Å². The molecule has 3 aliphatic heterocycles. The van der Waals surface area contributed by atoms with Crippen molar-refractivity contribution in [2.75, 3.05) is 11.9 Å². The van der Waals surface area contributed by atoms with Gasteiger partial charge in [0.05, 0.1) is 12.0 Å². The summed E-state index contributed by atoms with van der Waals surface area (Å²) in [4.78, 5) is 45.8. The number of ketones is 2. The Balaban J connectivity index is 1.50. The van der Waals surface area contributed by atoms with Gasteiger partial charge < -0.3 is 15.0 Å². The maximum Gasteiger partial charge on any atom is 0.238 e. The van der Waals surface area contributed by atoms with Crippen LogP contribution < -0.4 is 10.1 Å². The number of fused-ring (bicyclic) bond motifs is 6. The van der Waals surface area contributed by atoms with Crippen LogP contribution in [-0.2, 0) is 10.2 Å². The average molecular weight is 571 g/mol. The number of nitrogens with zero attached hydrogens (tertiary/aromatic N) is 1. The minimum atomic E-state index is -1.45. The van der Waals surface area contributed by atoms with Crippen LogP contribution >= 0.6 is 0 Å². The first-order valence-electron chi connectivity index (χ1n) is 14.1. The van der Waals surface area contributed by atoms with Gasteiger partial charge in [0.15, 0.2) is 11.6 Å². The lowest BCUT2D eigenvalue weighted by atomic mass is 9.62. The number of Topliss-reactive ketones (excluding diaryl/α,β-unsaturated/α-hetero) is 2. The van der Waals surface area contributed by atoms with E-state index in [1.807, 2.05) is 65.7 Å². The highest BCUT2D eigenvalue weighted by molar-refractivity contribution is 6.16. The monoisotopic (exact) mass is 570 g/mol. The fraction of sp³-hybridized carbons (Fsp3) is 0.139. The van der Waals surface area contributed by atoms with Crippen LogP contribution in [-0.4, -0.2) is 35.0 Å². The van der Waals surface area contributed by atoms with Crippen molar-refractivity contribution in [3.05, 3.63) is 150 Å². The van der Waals surface area contributed by atoms with E-state index in [1.165, 1.54) is 24.3 Å². The predicted octanol–water partition coefficient (Wildman–Crippen LogP) is 6.37. The summed E-state index contributed by atoms with van der Waals surface area (Å²) in [6.07, 6.45) is 5.32. The largest absolute Gasteiger partial charge is 0.490 e. The summed E-state index contributed by atoms with van der Waals surface area (Å²) in [5.74, 6) is -2.22. The molecule has 0 saturated carbocycles. The number of para-hydroxylation sites is 1. The molecule has 7 heteroatoms. The number of ether oxygens (including phenoxy) is 1. The second-order valence-electron chi connectivity index (χ2n) is 10.9. The van der Waals surface area contributed by atoms with Crippen LogP contribution in [0.2, 0.25) is 0 Å². The van der Waals surface area contributed by atoms with Crippen molar-refractivity contribution in [2.24, 2.45) is 5.92 Å². The lowest BCUT2D eigenvalue weighted by Crippen LogP contribution is -2.49. The van der Waals surface area contributed by atoms with Gasteiger partial charge in [-0.15, -0.1) is 0 Å². The summed E-state index contributed by atoms with van der Waals surface area (Å²) >= 11 is 0. The van der Waals surface area contributed by atoms with Crippen LogP contribution in [0.1, 0.15) is 43.4 Å². The van der Waals surface area contributed by atoms with Crippen LogP contribution in [0, 0.1) is 11.7 Å². The van der Waals surface area contributed by atoms with Gasteiger partial charge in [-0.1, -0.05) is 67.3 Å². The molecule has 1 N–H and O–H groups in total. The Bertz CT molecular complexity index is 1830. The standard InChI is InChI=1S/C36H27FN2O4/c1-2-20-43-26-10-7-9-24(21-26)32(40)30-31(33(41)23-14-16-25(37)17-15-23)39-19-18-22-8-3-4-11-27(22)34(39)36(30)28-12-5-6-13-29(28)38-35(36)42/h2-19,21,30-31,34H,1,20H2,(H,38,42)/t30-,31+,34-,36+/m0/s1. The molecule has 4 aromatic rings. The normalized spacial score (nSPS) is 22.9. The van der Waals surface area contributed by atoms with Crippen molar-refractivity contribution in [1.29, 1.82) is 0 Å². The highest BCUT2D eigenvalue weighted by Gasteiger charge is 2.70. The van der Waals surface area contributed by atoms with E-state index in [0.717, 1.165) is 11.1 Å². The van der Waals surface area contributed by atoms with Gasteiger partial charge in [0.2, 0.25) is 5.91 Å². The van der Waals surface area contributed by atoms with E-state index in [-0.39, 0.29) is 29.6 Å². The summed E-state index contributed by atoms with van der Waals surface area (Å²) in [5.41, 5.74) is 2.13. The Morgan fingerprint density at radius 3 is 2.51 bits per heavy atom. The molecule has 6 nitrogen and oxygen atoms in total. The maximum atomic E-state index is 14.9. The van der Waals surface area contributed by atoms with Gasteiger partial charge in [-0.3, -0.25) is 14.4 Å². The van der Waals surface area contributed by atoms with Gasteiger partial charge >= 0.3 is 0 Å². The fourth-order valence-electron chi connectivity index (χ4n) is 7.03. The van der Waals surface area contributed by atoms with Crippen molar-refractivity contribution >= 4 is 29.2 Å². The smallest absolute Gasteiger partial charge is 0.238 e. The molecule has 0 aromatic heterocycles. The number of carbonyl (C=O) groups is 3. The lowest BCUT2D eigenvalue weighted by molar-refractivity contribution is -0.122. The van der Waals surface area contributed by atoms with Crippen LogP contribution in [0.4, 0.5) is 10.1 Å². The highest BCUT2D eigenvalue weighted by Crippen LogP contribution is 2.62. The zero-order valence-electron chi connectivity index (χ0n) is 23.1. The Kier molecular flexibility index (Phi) is 6.31. The predicted molar refractivity (Wildman–Crippen MR) is 161 cm³/mol. The molecule has 0 unspecified atom stereocenters. The number of hydrogen-bond acceptors (Lipinski definition) is 5. The summed E-state index contributed by atoms with van der Waals surface area (Å²) < 4.78 is 19.6. The first kappa shape index (κ1) is 26.6. The van der Waals surface area contributed by atoms with Crippen molar-refractivity contribution in [3.8, 4) is 5.75 Å². The fourth-order valence-corrected chi connectivity index (χ4v) is 7.03. The van der Waals surface area contributed by atoms with Gasteiger partial charge in [-0.2, -0.15) is 0 Å². The number of amides is 1. The van der Waals surface area contributed by atoms with Crippen molar-refractivity contribution < 1.29 is 23.5 Å². The molecule has 0 bridgehead atoms. The molecule has 4 atom stereocenters. The van der Waals surface area contributed by atoms with Crippen LogP contribution in [0.5, 0.6) is 5.75 Å². The molecule has 1 amide bonds. The minimum Gasteiger partial charge on any atom is -0.490 e. The highest BCUT2D eigenvalue weighted by atomic mass is 19.1. The number of hydrogen-bond donors (Lipinski definition) is 1. The first-order valence-corrected chi connectivity index (χ1v) is 14.1. The summed E-state index contributed by atoms with van der Waals surface area (Å²) in [5, 5.41) is 3.04. The molecule has 4 aromatic carbocycles. The number of halogens is 1. The number of nitrogens with one attached hydrogen (secondary N) is 1. The summed E-state index contributed by atoms with van der Waals surface area (Å²) in [6, 6.07) is 25.4. The van der Waals surface area contributed by atoms with Gasteiger partial charge in [-0.25, -0.2) is 4.39 Å². The maximum absolute atomic E-state index is 14.9. The number of rotatable bonds is 7. The Morgan fingerprint density at radius 2 is 1.70 bits per heavy atom. The van der Waals surface area contributed by atoms with Crippen LogP contribution in [0.15, 0.2) is 116 Å². The SMILES string of the molecule is C=CCOc1cccc(C(=O)[C@@H]2[C@H](C(=O)c3ccc(F)cc3)N3C=Cc4ccccc4[C@H]3[C@]23C(=O)Nc2ccccc23)c1. The van der Waals surface area contributed by atoms with Crippen molar-refractivity contribution in [1.82, 2.24) is 4.90 Å². The van der Waals surface area contributed by atoms with Gasteiger partial charge in [0.25, 0.3) is 0 Å². The minimum absolute atomic E-state index is 0.252. The number of carbonyl (C=O) groups excluding carboxylic acids is 3. The van der Waals surface area contributed by atoms with E-state index >= 15 is 0 Å². The van der Waals surface area contributed by atoms with Crippen molar-refractivity contribution in [3.63, 3.8) is 0 Å². The third-order valence-electron chi connectivity index (χ3n) is 8.74. The first-order chi connectivity index (χ1) is 20.9. The average Bonchev–Trinajstić information content (AvgIpc) is 3.52. The zero-order chi connectivity index (χ0) is 29.7. The van der Waals surface area contributed by atoms with E-state index in [9.17, 15) is 18.8 Å². The molecule has 3 heterocycles. The second kappa shape index (κ2) is 10.2. The molecule has 3 aliphatic rings. The quantitative estimate of drug-likeness (QED) is 0.206. The van der Waals surface area contributed by atoms with Gasteiger partial charge in [-0.05, 0) is 65.2 Å². The van der Waals surface area contributed by atoms with Gasteiger partial charge in [0.1, 0.15) is 29.6 Å². The molecule has 1 spiro atoms. The lowest BCUT2D eigenvalue weighted by Gasteiger charge is -2.38. The number of anilines is 1. The number of benzene rings is 4. The molecule has 0 radical (unpaired) electrons. The molecule has 1 fully saturated rings. The second-order valence-corrected chi connectivity index (χ2v) is 10.9. The molecule has 43 heavy (non-hydrogen) atoms. The molecular weight excluding hydrogens is 543 g/mol.